The molecule has 0 bridgehead atoms. The zero-order valence-electron chi connectivity index (χ0n) is 26.5. The van der Waals surface area contributed by atoms with Crippen LogP contribution in [0.2, 0.25) is 0 Å². The fourth-order valence-electron chi connectivity index (χ4n) is 5.45. The van der Waals surface area contributed by atoms with Gasteiger partial charge in [0.25, 0.3) is 5.91 Å². The predicted octanol–water partition coefficient (Wildman–Crippen LogP) is 7.33. The summed E-state index contributed by atoms with van der Waals surface area (Å²) in [5, 5.41) is 0. The van der Waals surface area contributed by atoms with Gasteiger partial charge in [0.2, 0.25) is 0 Å². The van der Waals surface area contributed by atoms with Crippen molar-refractivity contribution in [2.24, 2.45) is 0 Å². The molecule has 2 atom stereocenters. The maximum atomic E-state index is 14.2. The second-order valence-electron chi connectivity index (χ2n) is 11.1. The SMILES string of the molecule is CCCOc1ccc(/C=C/C(=O)N2C(=O)N(C)[C@@H](C)[C@H]2c2ccccc2)c(C(=O)c2ccc(OC)cc2OCc2ccccc2)c1. The Morgan fingerprint density at radius 3 is 2.24 bits per heavy atom. The van der Waals surface area contributed by atoms with Crippen molar-refractivity contribution in [3.63, 3.8) is 0 Å². The second kappa shape index (κ2) is 14.6. The highest BCUT2D eigenvalue weighted by Gasteiger charge is 2.44. The van der Waals surface area contributed by atoms with E-state index in [-0.39, 0.29) is 24.5 Å². The summed E-state index contributed by atoms with van der Waals surface area (Å²) in [7, 11) is 3.25. The molecule has 8 nitrogen and oxygen atoms in total. The predicted molar refractivity (Wildman–Crippen MR) is 177 cm³/mol. The van der Waals surface area contributed by atoms with Crippen LogP contribution in [-0.2, 0) is 11.4 Å². The lowest BCUT2D eigenvalue weighted by Crippen LogP contribution is -2.35. The number of likely N-dealkylation sites (N-methyl/N-ethyl adjacent to an activating group) is 1. The minimum Gasteiger partial charge on any atom is -0.497 e. The maximum absolute atomic E-state index is 14.2. The van der Waals surface area contributed by atoms with E-state index >= 15 is 0 Å². The molecular formula is C38H38N2O6. The van der Waals surface area contributed by atoms with E-state index in [4.69, 9.17) is 14.2 Å². The van der Waals surface area contributed by atoms with Gasteiger partial charge in [-0.05, 0) is 60.4 Å². The third-order valence-electron chi connectivity index (χ3n) is 8.05. The summed E-state index contributed by atoms with van der Waals surface area (Å²) < 4.78 is 17.4. The van der Waals surface area contributed by atoms with E-state index in [9.17, 15) is 14.4 Å². The number of hydrogen-bond donors (Lipinski definition) is 0. The van der Waals surface area contributed by atoms with Gasteiger partial charge in [0.15, 0.2) is 5.78 Å². The van der Waals surface area contributed by atoms with Gasteiger partial charge < -0.3 is 19.1 Å². The largest absolute Gasteiger partial charge is 0.497 e. The molecule has 0 aromatic heterocycles. The summed E-state index contributed by atoms with van der Waals surface area (Å²) in [4.78, 5) is 43.9. The summed E-state index contributed by atoms with van der Waals surface area (Å²) in [6, 6.07) is 28.4. The molecular weight excluding hydrogens is 580 g/mol. The van der Waals surface area contributed by atoms with E-state index in [0.29, 0.717) is 40.5 Å². The highest BCUT2D eigenvalue weighted by atomic mass is 16.5. The number of carbonyl (C=O) groups excluding carboxylic acids is 3. The van der Waals surface area contributed by atoms with Gasteiger partial charge in [-0.3, -0.25) is 14.5 Å². The van der Waals surface area contributed by atoms with Crippen molar-refractivity contribution >= 4 is 23.8 Å². The van der Waals surface area contributed by atoms with E-state index in [0.717, 1.165) is 17.5 Å². The number of ketones is 1. The number of nitrogens with zero attached hydrogens (tertiary/aromatic N) is 2. The van der Waals surface area contributed by atoms with E-state index in [1.54, 1.807) is 61.5 Å². The molecule has 8 heteroatoms. The van der Waals surface area contributed by atoms with Crippen LogP contribution >= 0.6 is 0 Å². The number of hydrogen-bond acceptors (Lipinski definition) is 6. The van der Waals surface area contributed by atoms with Crippen molar-refractivity contribution in [3.05, 3.63) is 131 Å². The first-order valence-corrected chi connectivity index (χ1v) is 15.3. The van der Waals surface area contributed by atoms with Crippen molar-refractivity contribution < 1.29 is 28.6 Å². The molecule has 0 N–H and O–H groups in total. The molecule has 1 saturated heterocycles. The molecule has 1 fully saturated rings. The van der Waals surface area contributed by atoms with Gasteiger partial charge in [0.1, 0.15) is 23.9 Å². The highest BCUT2D eigenvalue weighted by Crippen LogP contribution is 2.35. The van der Waals surface area contributed by atoms with Crippen molar-refractivity contribution in [2.45, 2.75) is 39.0 Å². The van der Waals surface area contributed by atoms with Crippen LogP contribution in [0.25, 0.3) is 6.08 Å². The first kappa shape index (κ1) is 32.0. The highest BCUT2D eigenvalue weighted by molar-refractivity contribution is 6.13. The number of amides is 3. The fraction of sp³-hybridized carbons (Fsp3) is 0.237. The van der Waals surface area contributed by atoms with Crippen LogP contribution in [0.15, 0.2) is 103 Å². The minimum atomic E-state index is -0.476. The lowest BCUT2D eigenvalue weighted by molar-refractivity contribution is -0.124. The van der Waals surface area contributed by atoms with Crippen LogP contribution in [0.4, 0.5) is 4.79 Å². The van der Waals surface area contributed by atoms with Crippen LogP contribution in [0.3, 0.4) is 0 Å². The molecule has 4 aromatic rings. The number of methoxy groups -OCH3 is 1. The molecule has 3 amide bonds. The average molecular weight is 619 g/mol. The van der Waals surface area contributed by atoms with Gasteiger partial charge in [-0.15, -0.1) is 0 Å². The second-order valence-corrected chi connectivity index (χ2v) is 11.1. The van der Waals surface area contributed by atoms with Crippen molar-refractivity contribution in [1.82, 2.24) is 9.80 Å². The standard InChI is InChI=1S/C38H38N2O6/c1-5-22-45-31-18-16-28(17-21-35(41)40-36(26(2)39(3)38(40)43)29-14-10-7-11-15-29)33(23-31)37(42)32-20-19-30(44-4)24-34(32)46-25-27-12-8-6-9-13-27/h6-21,23-24,26,36H,5,22,25H2,1-4H3/b21-17+/t26-,36-/m0/s1. The smallest absolute Gasteiger partial charge is 0.327 e. The average Bonchev–Trinajstić information content (AvgIpc) is 3.33. The van der Waals surface area contributed by atoms with Gasteiger partial charge in [-0.1, -0.05) is 73.7 Å². The molecule has 0 spiro atoms. The summed E-state index contributed by atoms with van der Waals surface area (Å²) in [5.41, 5.74) is 2.97. The van der Waals surface area contributed by atoms with Gasteiger partial charge >= 0.3 is 6.03 Å². The fourth-order valence-corrected chi connectivity index (χ4v) is 5.45. The summed E-state index contributed by atoms with van der Waals surface area (Å²) in [6.45, 7) is 4.67. The lowest BCUT2D eigenvalue weighted by Gasteiger charge is -2.23. The number of urea groups is 1. The van der Waals surface area contributed by atoms with Gasteiger partial charge in [-0.25, -0.2) is 4.79 Å². The quantitative estimate of drug-likeness (QED) is 0.122. The Morgan fingerprint density at radius 2 is 1.54 bits per heavy atom. The van der Waals surface area contributed by atoms with Crippen LogP contribution in [0, 0.1) is 0 Å². The summed E-state index contributed by atoms with van der Waals surface area (Å²) >= 11 is 0. The Morgan fingerprint density at radius 1 is 0.848 bits per heavy atom. The summed E-state index contributed by atoms with van der Waals surface area (Å²) in [5.74, 6) is 0.657. The number of benzene rings is 4. The zero-order chi connectivity index (χ0) is 32.6. The first-order chi connectivity index (χ1) is 22.3. The third kappa shape index (κ3) is 6.96. The monoisotopic (exact) mass is 618 g/mol. The third-order valence-corrected chi connectivity index (χ3v) is 8.05. The molecule has 0 aliphatic carbocycles. The van der Waals surface area contributed by atoms with Gasteiger partial charge in [-0.2, -0.15) is 0 Å². The minimum absolute atomic E-state index is 0.219. The zero-order valence-corrected chi connectivity index (χ0v) is 26.5. The Hall–Kier alpha value is -5.37. The molecule has 236 valence electrons. The number of imide groups is 1. The van der Waals surface area contributed by atoms with E-state index in [1.165, 1.54) is 11.0 Å². The Kier molecular flexibility index (Phi) is 10.2. The van der Waals surface area contributed by atoms with Gasteiger partial charge in [0.05, 0.1) is 31.4 Å². The van der Waals surface area contributed by atoms with Crippen molar-refractivity contribution in [1.29, 1.82) is 0 Å². The molecule has 4 aromatic carbocycles. The topological polar surface area (TPSA) is 85.4 Å². The molecule has 0 radical (unpaired) electrons. The molecule has 1 aliphatic rings. The van der Waals surface area contributed by atoms with Crippen molar-refractivity contribution in [3.8, 4) is 17.2 Å². The molecule has 1 aliphatic heterocycles. The van der Waals surface area contributed by atoms with Crippen LogP contribution in [-0.4, -0.2) is 54.3 Å². The molecule has 1 heterocycles. The van der Waals surface area contributed by atoms with Crippen LogP contribution < -0.4 is 14.2 Å². The molecule has 0 unspecified atom stereocenters. The molecule has 46 heavy (non-hydrogen) atoms. The summed E-state index contributed by atoms with van der Waals surface area (Å²) in [6.07, 6.45) is 3.72. The number of rotatable bonds is 12. The van der Waals surface area contributed by atoms with Crippen molar-refractivity contribution in [2.75, 3.05) is 20.8 Å². The lowest BCUT2D eigenvalue weighted by atomic mass is 9.96. The van der Waals surface area contributed by atoms with E-state index in [1.807, 2.05) is 74.5 Å². The number of carbonyl (C=O) groups is 3. The Balaban J connectivity index is 1.49. The Bertz CT molecular complexity index is 1720. The molecule has 0 saturated carbocycles. The van der Waals surface area contributed by atoms with Gasteiger partial charge in [0, 0.05) is 24.8 Å². The normalized spacial score (nSPS) is 16.1. The number of ether oxygens (including phenoxy) is 3. The van der Waals surface area contributed by atoms with Crippen LogP contribution in [0.5, 0.6) is 17.2 Å². The van der Waals surface area contributed by atoms with E-state index in [2.05, 4.69) is 0 Å². The maximum Gasteiger partial charge on any atom is 0.327 e. The first-order valence-electron chi connectivity index (χ1n) is 15.3. The van der Waals surface area contributed by atoms with E-state index < -0.39 is 11.9 Å². The Labute approximate surface area is 269 Å². The van der Waals surface area contributed by atoms with Crippen LogP contribution in [0.1, 0.15) is 58.9 Å². The molecule has 5 rings (SSSR count).